The largest absolute Gasteiger partial charge is 0.491 e. The van der Waals surface area contributed by atoms with Crippen LogP contribution in [0.5, 0.6) is 5.75 Å². The van der Waals surface area contributed by atoms with Crippen LogP contribution in [0.4, 0.5) is 10.3 Å². The molecule has 0 radical (unpaired) electrons. The van der Waals surface area contributed by atoms with Crippen LogP contribution in [0.1, 0.15) is 18.3 Å². The molecule has 114 valence electrons. The van der Waals surface area contributed by atoms with Crippen LogP contribution < -0.4 is 15.0 Å². The molecule has 0 aliphatic carbocycles. The zero-order valence-electron chi connectivity index (χ0n) is 12.5. The average Bonchev–Trinajstić information content (AvgIpc) is 2.91. The topological polar surface area (TPSA) is 66.1 Å². The van der Waals surface area contributed by atoms with Crippen LogP contribution in [-0.2, 0) is 13.1 Å². The van der Waals surface area contributed by atoms with Crippen molar-refractivity contribution in [2.75, 3.05) is 25.6 Å². The maximum absolute atomic E-state index is 13.7. The SMILES string of the molecule is CCOc1ccc(CNCc2nc(N(C)C)n[nH]2)cc1F. The first-order valence-corrected chi connectivity index (χ1v) is 6.80. The molecule has 0 unspecified atom stereocenters. The monoisotopic (exact) mass is 293 g/mol. The molecule has 2 rings (SSSR count). The second-order valence-electron chi connectivity index (χ2n) is 4.78. The Morgan fingerprint density at radius 1 is 1.33 bits per heavy atom. The van der Waals surface area contributed by atoms with Crippen LogP contribution in [0.25, 0.3) is 0 Å². The lowest BCUT2D eigenvalue weighted by atomic mass is 10.2. The van der Waals surface area contributed by atoms with Gasteiger partial charge in [0.15, 0.2) is 11.6 Å². The molecule has 0 spiro atoms. The van der Waals surface area contributed by atoms with Gasteiger partial charge in [0.05, 0.1) is 13.2 Å². The first kappa shape index (κ1) is 15.2. The van der Waals surface area contributed by atoms with Gasteiger partial charge >= 0.3 is 0 Å². The summed E-state index contributed by atoms with van der Waals surface area (Å²) >= 11 is 0. The Hall–Kier alpha value is -2.15. The molecule has 0 aliphatic rings. The van der Waals surface area contributed by atoms with Crippen molar-refractivity contribution in [3.63, 3.8) is 0 Å². The van der Waals surface area contributed by atoms with Crippen molar-refractivity contribution in [2.45, 2.75) is 20.0 Å². The molecule has 2 N–H and O–H groups in total. The van der Waals surface area contributed by atoms with E-state index in [0.717, 1.165) is 11.4 Å². The predicted octanol–water partition coefficient (Wildman–Crippen LogP) is 1.70. The molecule has 0 aliphatic heterocycles. The molecule has 7 heteroatoms. The van der Waals surface area contributed by atoms with E-state index in [1.807, 2.05) is 32.0 Å². The maximum atomic E-state index is 13.7. The summed E-state index contributed by atoms with van der Waals surface area (Å²) in [5, 5.41) is 10.1. The van der Waals surface area contributed by atoms with Gasteiger partial charge in [0.1, 0.15) is 5.82 Å². The van der Waals surface area contributed by atoms with E-state index in [1.54, 1.807) is 6.07 Å². The number of nitrogens with zero attached hydrogens (tertiary/aromatic N) is 3. The van der Waals surface area contributed by atoms with Crippen molar-refractivity contribution in [2.24, 2.45) is 0 Å². The number of aromatic nitrogens is 3. The van der Waals surface area contributed by atoms with Crippen molar-refractivity contribution in [1.82, 2.24) is 20.5 Å². The Balaban J connectivity index is 1.86. The summed E-state index contributed by atoms with van der Waals surface area (Å²) in [6, 6.07) is 4.96. The zero-order valence-corrected chi connectivity index (χ0v) is 12.5. The van der Waals surface area contributed by atoms with Crippen molar-refractivity contribution >= 4 is 5.95 Å². The highest BCUT2D eigenvalue weighted by Gasteiger charge is 2.06. The van der Waals surface area contributed by atoms with Crippen molar-refractivity contribution in [3.8, 4) is 5.75 Å². The third kappa shape index (κ3) is 4.16. The minimum atomic E-state index is -0.342. The fourth-order valence-electron chi connectivity index (χ4n) is 1.82. The molecular weight excluding hydrogens is 273 g/mol. The van der Waals surface area contributed by atoms with Gasteiger partial charge in [-0.1, -0.05) is 6.07 Å². The van der Waals surface area contributed by atoms with Crippen LogP contribution in [0.15, 0.2) is 18.2 Å². The summed E-state index contributed by atoms with van der Waals surface area (Å²) < 4.78 is 18.9. The van der Waals surface area contributed by atoms with Gasteiger partial charge < -0.3 is 15.0 Å². The molecule has 0 saturated carbocycles. The van der Waals surface area contributed by atoms with Crippen LogP contribution in [0.2, 0.25) is 0 Å². The minimum absolute atomic E-state index is 0.284. The highest BCUT2D eigenvalue weighted by atomic mass is 19.1. The lowest BCUT2D eigenvalue weighted by Gasteiger charge is -2.07. The van der Waals surface area contributed by atoms with E-state index >= 15 is 0 Å². The number of benzene rings is 1. The van der Waals surface area contributed by atoms with E-state index in [1.165, 1.54) is 6.07 Å². The Kier molecular flexibility index (Phi) is 5.10. The third-order valence-corrected chi connectivity index (χ3v) is 2.84. The van der Waals surface area contributed by atoms with Gasteiger partial charge in [-0.2, -0.15) is 4.98 Å². The van der Waals surface area contributed by atoms with Crippen molar-refractivity contribution in [3.05, 3.63) is 35.4 Å². The summed E-state index contributed by atoms with van der Waals surface area (Å²) in [7, 11) is 3.76. The first-order chi connectivity index (χ1) is 10.1. The second kappa shape index (κ2) is 7.03. The number of hydrogen-bond donors (Lipinski definition) is 2. The van der Waals surface area contributed by atoms with Gasteiger partial charge in [-0.25, -0.2) is 4.39 Å². The summed E-state index contributed by atoms with van der Waals surface area (Å²) in [6.07, 6.45) is 0. The predicted molar refractivity (Wildman–Crippen MR) is 78.8 cm³/mol. The number of aromatic amines is 1. The number of H-pyrrole nitrogens is 1. The molecule has 1 aromatic carbocycles. The van der Waals surface area contributed by atoms with E-state index in [4.69, 9.17) is 4.74 Å². The highest BCUT2D eigenvalue weighted by molar-refractivity contribution is 5.29. The highest BCUT2D eigenvalue weighted by Crippen LogP contribution is 2.18. The molecule has 0 amide bonds. The summed E-state index contributed by atoms with van der Waals surface area (Å²) in [4.78, 5) is 6.12. The Morgan fingerprint density at radius 3 is 2.76 bits per heavy atom. The quantitative estimate of drug-likeness (QED) is 0.813. The Bertz CT molecular complexity index is 584. The van der Waals surface area contributed by atoms with Gasteiger partial charge in [0, 0.05) is 20.6 Å². The Morgan fingerprint density at radius 2 is 2.14 bits per heavy atom. The van der Waals surface area contributed by atoms with Crippen LogP contribution in [0, 0.1) is 5.82 Å². The Labute approximate surface area is 123 Å². The van der Waals surface area contributed by atoms with E-state index in [-0.39, 0.29) is 11.6 Å². The number of nitrogens with one attached hydrogen (secondary N) is 2. The van der Waals surface area contributed by atoms with Gasteiger partial charge in [-0.15, -0.1) is 5.10 Å². The number of rotatable bonds is 7. The summed E-state index contributed by atoms with van der Waals surface area (Å²) in [5.41, 5.74) is 0.850. The molecule has 21 heavy (non-hydrogen) atoms. The zero-order chi connectivity index (χ0) is 15.2. The number of anilines is 1. The van der Waals surface area contributed by atoms with E-state index in [9.17, 15) is 4.39 Å². The third-order valence-electron chi connectivity index (χ3n) is 2.84. The fourth-order valence-corrected chi connectivity index (χ4v) is 1.82. The summed E-state index contributed by atoms with van der Waals surface area (Å²) in [6.45, 7) is 3.36. The van der Waals surface area contributed by atoms with Gasteiger partial charge in [-0.3, -0.25) is 5.10 Å². The average molecular weight is 293 g/mol. The van der Waals surface area contributed by atoms with Gasteiger partial charge in [0.25, 0.3) is 0 Å². The molecule has 1 aromatic heterocycles. The van der Waals surface area contributed by atoms with Gasteiger partial charge in [0.2, 0.25) is 5.95 Å². The molecule has 0 atom stereocenters. The summed E-state index contributed by atoms with van der Waals surface area (Å²) in [5.74, 6) is 1.32. The second-order valence-corrected chi connectivity index (χ2v) is 4.78. The first-order valence-electron chi connectivity index (χ1n) is 6.80. The molecule has 0 fully saturated rings. The fraction of sp³-hybridized carbons (Fsp3) is 0.429. The smallest absolute Gasteiger partial charge is 0.244 e. The van der Waals surface area contributed by atoms with Gasteiger partial charge in [-0.05, 0) is 24.6 Å². The number of halogens is 1. The lowest BCUT2D eigenvalue weighted by molar-refractivity contribution is 0.321. The molecule has 2 aromatic rings. The maximum Gasteiger partial charge on any atom is 0.244 e. The van der Waals surface area contributed by atoms with Crippen molar-refractivity contribution < 1.29 is 9.13 Å². The van der Waals surface area contributed by atoms with E-state index < -0.39 is 0 Å². The number of ether oxygens (including phenoxy) is 1. The van der Waals surface area contributed by atoms with E-state index in [0.29, 0.717) is 25.6 Å². The molecular formula is C14H20FN5O. The number of hydrogen-bond acceptors (Lipinski definition) is 5. The minimum Gasteiger partial charge on any atom is -0.491 e. The lowest BCUT2D eigenvalue weighted by Crippen LogP contribution is -2.14. The van der Waals surface area contributed by atoms with Crippen LogP contribution in [-0.4, -0.2) is 35.9 Å². The molecule has 1 heterocycles. The van der Waals surface area contributed by atoms with Crippen LogP contribution in [0.3, 0.4) is 0 Å². The van der Waals surface area contributed by atoms with Crippen molar-refractivity contribution in [1.29, 1.82) is 0 Å². The molecule has 0 bridgehead atoms. The molecule has 6 nitrogen and oxygen atoms in total. The normalized spacial score (nSPS) is 10.7. The standard InChI is InChI=1S/C14H20FN5O/c1-4-21-12-6-5-10(7-11(12)15)8-16-9-13-17-14(19-18-13)20(2)3/h5-7,16H,4,8-9H2,1-3H3,(H,17,18,19). The van der Waals surface area contributed by atoms with E-state index in [2.05, 4.69) is 20.5 Å². The van der Waals surface area contributed by atoms with Crippen LogP contribution >= 0.6 is 0 Å². The molecule has 0 saturated heterocycles.